The molecule has 0 nitrogen and oxygen atoms in total. The molecule has 0 fully saturated rings. The van der Waals surface area contributed by atoms with Crippen molar-refractivity contribution < 1.29 is 25.2 Å². The maximum Gasteiger partial charge on any atom is 0.0780 e. The summed E-state index contributed by atoms with van der Waals surface area (Å²) < 4.78 is 59.2. The van der Waals surface area contributed by atoms with Crippen LogP contribution in [-0.2, 0) is 6.16 Å². The predicted octanol–water partition coefficient (Wildman–Crippen LogP) is 10.2. The van der Waals surface area contributed by atoms with Crippen LogP contribution in [0.5, 0.6) is 0 Å². The number of hydrogen-bond acceptors (Lipinski definition) is 0. The van der Waals surface area contributed by atoms with Crippen LogP contribution < -0.4 is 0 Å². The van der Waals surface area contributed by atoms with Crippen molar-refractivity contribution in [2.24, 2.45) is 0 Å². The Morgan fingerprint density at radius 3 is 1.24 bits per heavy atom. The van der Waals surface area contributed by atoms with Gasteiger partial charge in [0.25, 0.3) is 0 Å². The third kappa shape index (κ3) is 7.99. The van der Waals surface area contributed by atoms with Gasteiger partial charge in [-0.1, -0.05) is 103 Å². The minimum atomic E-state index is -10.7. The molecule has 0 aromatic heterocycles. The Labute approximate surface area is 190 Å². The van der Waals surface area contributed by atoms with Crippen LogP contribution in [0, 0.1) is 0 Å². The molecular weight excluding hydrogens is 476 g/mol. The Bertz CT molecular complexity index is 1200. The van der Waals surface area contributed by atoms with Gasteiger partial charge >= 0.3 is 33.0 Å². The summed E-state index contributed by atoms with van der Waals surface area (Å²) in [5, 5.41) is 0. The molecule has 0 N–H and O–H groups in total. The summed E-state index contributed by atoms with van der Waals surface area (Å²) in [7, 11) is -8.64. The van der Waals surface area contributed by atoms with Gasteiger partial charge in [0.15, 0.2) is 0 Å². The van der Waals surface area contributed by atoms with Crippen LogP contribution in [0.15, 0.2) is 103 Å². The van der Waals surface area contributed by atoms with Crippen molar-refractivity contribution >= 4 is 17.0 Å². The topological polar surface area (TPSA) is 0 Å². The molecule has 0 bridgehead atoms. The molecule has 0 spiro atoms. The normalized spacial score (nSPS) is 13.4. The molecule has 0 radical (unpaired) electrons. The van der Waals surface area contributed by atoms with Crippen molar-refractivity contribution in [3.63, 3.8) is 0 Å². The zero-order chi connectivity index (χ0) is 24.2. The van der Waals surface area contributed by atoms with E-state index in [2.05, 4.69) is 103 Å². The average molecular weight is 498 g/mol. The Balaban J connectivity index is 0.000000383. The van der Waals surface area contributed by atoms with Crippen LogP contribution in [0.25, 0.3) is 33.4 Å². The van der Waals surface area contributed by atoms with Gasteiger partial charge in [0, 0.05) is 0 Å². The fraction of sp³-hybridized carbons (Fsp3) is 0.0400. The zero-order valence-electron chi connectivity index (χ0n) is 17.4. The molecular formula is C25H22F6P2. The maximum absolute atomic E-state index is 10.7. The zero-order valence-corrected chi connectivity index (χ0v) is 19.8. The van der Waals surface area contributed by atoms with Gasteiger partial charge in [0.2, 0.25) is 0 Å². The van der Waals surface area contributed by atoms with E-state index in [4.69, 9.17) is 0 Å². The Morgan fingerprint density at radius 1 is 0.485 bits per heavy atom. The van der Waals surface area contributed by atoms with Gasteiger partial charge in [0.1, 0.15) is 0 Å². The summed E-state index contributed by atoms with van der Waals surface area (Å²) in [5.74, 6) is 0. The predicted molar refractivity (Wildman–Crippen MR) is 131 cm³/mol. The molecule has 0 aliphatic rings. The minimum Gasteiger partial charge on any atom is -0.0622 e. The van der Waals surface area contributed by atoms with Crippen LogP contribution >= 0.6 is 17.0 Å². The third-order valence-electron chi connectivity index (χ3n) is 4.77. The second-order valence-corrected chi connectivity index (χ2v) is 9.75. The molecule has 0 saturated carbocycles. The van der Waals surface area contributed by atoms with Crippen molar-refractivity contribution in [1.29, 1.82) is 0 Å². The molecule has 1 atom stereocenters. The maximum atomic E-state index is 9.87. The second kappa shape index (κ2) is 8.93. The van der Waals surface area contributed by atoms with Crippen LogP contribution in [-0.4, -0.2) is 0 Å². The van der Waals surface area contributed by atoms with Crippen molar-refractivity contribution in [2.45, 2.75) is 6.16 Å². The van der Waals surface area contributed by atoms with E-state index in [1.807, 2.05) is 9.24 Å². The minimum absolute atomic E-state index is 1.04. The van der Waals surface area contributed by atoms with Crippen LogP contribution in [0.4, 0.5) is 25.2 Å². The van der Waals surface area contributed by atoms with Crippen molar-refractivity contribution in [3.05, 3.63) is 109 Å². The fourth-order valence-electron chi connectivity index (χ4n) is 3.55. The number of hydrogen-bond donors (Lipinski definition) is 0. The van der Waals surface area contributed by atoms with Crippen molar-refractivity contribution in [3.8, 4) is 33.4 Å². The van der Waals surface area contributed by atoms with E-state index in [-0.39, 0.29) is 0 Å². The van der Waals surface area contributed by atoms with Gasteiger partial charge in [-0.25, -0.2) is 0 Å². The molecule has 33 heavy (non-hydrogen) atoms. The SMILES string of the molecule is F[P-](F)(F)(F)(F)F.[PH3+]Cc1ccc(-c2ccccc2)c(-c2ccccc2)c1-c1ccccc1. The van der Waals surface area contributed by atoms with Gasteiger partial charge in [0.05, 0.1) is 6.16 Å². The molecule has 0 saturated heterocycles. The van der Waals surface area contributed by atoms with E-state index in [0.717, 1.165) is 6.16 Å². The van der Waals surface area contributed by atoms with Gasteiger partial charge in [-0.15, -0.1) is 0 Å². The summed E-state index contributed by atoms with van der Waals surface area (Å²) in [6.45, 7) is 0. The average Bonchev–Trinajstić information content (AvgIpc) is 2.78. The summed E-state index contributed by atoms with van der Waals surface area (Å²) in [4.78, 5) is 0. The molecule has 0 aliphatic heterocycles. The first-order chi connectivity index (χ1) is 15.3. The first-order valence-electron chi connectivity index (χ1n) is 10.0. The van der Waals surface area contributed by atoms with Crippen molar-refractivity contribution in [2.75, 3.05) is 0 Å². The van der Waals surface area contributed by atoms with E-state index in [9.17, 15) is 25.2 Å². The molecule has 4 rings (SSSR count). The number of halogens is 6. The molecule has 174 valence electrons. The molecule has 8 heteroatoms. The Hall–Kier alpha value is -2.68. The molecule has 0 aliphatic carbocycles. The van der Waals surface area contributed by atoms with Crippen molar-refractivity contribution in [1.82, 2.24) is 0 Å². The second-order valence-electron chi connectivity index (χ2n) is 7.33. The van der Waals surface area contributed by atoms with E-state index in [0.29, 0.717) is 0 Å². The van der Waals surface area contributed by atoms with Gasteiger partial charge in [-0.2, -0.15) is 0 Å². The third-order valence-corrected chi connectivity index (χ3v) is 5.31. The van der Waals surface area contributed by atoms with Crippen LogP contribution in [0.2, 0.25) is 0 Å². The van der Waals surface area contributed by atoms with E-state index in [1.54, 1.807) is 0 Å². The smallest absolute Gasteiger partial charge is 0.0622 e. The molecule has 0 heterocycles. The number of rotatable bonds is 4. The van der Waals surface area contributed by atoms with E-state index < -0.39 is 7.81 Å². The number of benzene rings is 4. The molecule has 1 unspecified atom stereocenters. The first kappa shape index (κ1) is 25.0. The van der Waals surface area contributed by atoms with E-state index >= 15 is 0 Å². The molecule has 4 aromatic carbocycles. The fourth-order valence-corrected chi connectivity index (χ4v) is 3.97. The van der Waals surface area contributed by atoms with Gasteiger partial charge in [-0.05, 0) is 48.2 Å². The van der Waals surface area contributed by atoms with E-state index in [1.165, 1.54) is 38.9 Å². The van der Waals surface area contributed by atoms with Gasteiger partial charge in [-0.3, -0.25) is 0 Å². The summed E-state index contributed by atoms with van der Waals surface area (Å²) in [6, 6.07) is 36.8. The Kier molecular flexibility index (Phi) is 6.75. The largest absolute Gasteiger partial charge is 0.0780 e. The van der Waals surface area contributed by atoms with Gasteiger partial charge < -0.3 is 0 Å². The van der Waals surface area contributed by atoms with Crippen LogP contribution in [0.3, 0.4) is 0 Å². The summed E-state index contributed by atoms with van der Waals surface area (Å²) in [5.41, 5.74) is 9.17. The summed E-state index contributed by atoms with van der Waals surface area (Å²) in [6.07, 6.45) is 1.04. The Morgan fingerprint density at radius 2 is 0.848 bits per heavy atom. The van der Waals surface area contributed by atoms with Crippen LogP contribution in [0.1, 0.15) is 5.56 Å². The first-order valence-corrected chi connectivity index (χ1v) is 13.0. The molecule has 4 aromatic rings. The summed E-state index contributed by atoms with van der Waals surface area (Å²) >= 11 is 0. The standard InChI is InChI=1S/C25H21P.F6P/c26-18-22-16-17-23(19-10-4-1-5-11-19)25(21-14-8-3-9-15-21)24(22)20-12-6-2-7-13-20;1-7(2,3,4,5)6/h1-17H,18,26H2;/q;-1/p+1. The quantitative estimate of drug-likeness (QED) is 0.194. The monoisotopic (exact) mass is 498 g/mol. The molecule has 0 amide bonds.